The van der Waals surface area contributed by atoms with Crippen molar-refractivity contribution in [3.8, 4) is 11.3 Å². The third-order valence-electron chi connectivity index (χ3n) is 4.48. The van der Waals surface area contributed by atoms with Gasteiger partial charge in [-0.1, -0.05) is 12.1 Å². The minimum absolute atomic E-state index is 0.0248. The fraction of sp³-hybridized carbons (Fsp3) is 0.438. The Balaban J connectivity index is 1.66. The van der Waals surface area contributed by atoms with Gasteiger partial charge in [-0.15, -0.1) is 13.2 Å². The van der Waals surface area contributed by atoms with Crippen molar-refractivity contribution in [2.75, 3.05) is 6.54 Å². The van der Waals surface area contributed by atoms with E-state index in [4.69, 9.17) is 4.74 Å². The van der Waals surface area contributed by atoms with Crippen LogP contribution >= 0.6 is 0 Å². The van der Waals surface area contributed by atoms with E-state index >= 15 is 0 Å². The summed E-state index contributed by atoms with van der Waals surface area (Å²) >= 11 is 0. The van der Waals surface area contributed by atoms with E-state index in [0.29, 0.717) is 17.9 Å². The van der Waals surface area contributed by atoms with Gasteiger partial charge in [0.2, 0.25) is 0 Å². The molecule has 0 bridgehead atoms. The zero-order valence-electron chi connectivity index (χ0n) is 12.3. The molecular formula is C16H16F3N3O. The molecule has 7 heteroatoms. The number of fused-ring (bicyclic) bond motifs is 3. The molecular weight excluding hydrogens is 307 g/mol. The molecule has 1 aromatic heterocycles. The number of nitrogens with zero attached hydrogens (tertiary/aromatic N) is 2. The lowest BCUT2D eigenvalue weighted by Crippen LogP contribution is -2.42. The van der Waals surface area contributed by atoms with Crippen LogP contribution in [-0.4, -0.2) is 22.4 Å². The van der Waals surface area contributed by atoms with Crippen LogP contribution in [0.15, 0.2) is 30.5 Å². The molecule has 23 heavy (non-hydrogen) atoms. The van der Waals surface area contributed by atoms with E-state index in [0.717, 1.165) is 31.1 Å². The molecule has 2 atom stereocenters. The molecule has 4 rings (SSSR count). The van der Waals surface area contributed by atoms with Crippen molar-refractivity contribution in [3.05, 3.63) is 41.6 Å². The van der Waals surface area contributed by atoms with Gasteiger partial charge in [-0.05, 0) is 42.6 Å². The topological polar surface area (TPSA) is 39.1 Å². The van der Waals surface area contributed by atoms with Gasteiger partial charge in [0.1, 0.15) is 0 Å². The van der Waals surface area contributed by atoms with Crippen LogP contribution in [0.3, 0.4) is 0 Å². The van der Waals surface area contributed by atoms with Gasteiger partial charge in [0, 0.05) is 11.8 Å². The lowest BCUT2D eigenvalue weighted by atomic mass is 9.88. The number of hydrogen-bond donors (Lipinski definition) is 1. The van der Waals surface area contributed by atoms with Crippen LogP contribution in [-0.2, 0) is 17.6 Å². The van der Waals surface area contributed by atoms with Crippen LogP contribution in [0.2, 0.25) is 0 Å². The summed E-state index contributed by atoms with van der Waals surface area (Å²) in [5.41, 5.74) is 3.17. The Morgan fingerprint density at radius 1 is 1.26 bits per heavy atom. The Morgan fingerprint density at radius 3 is 2.91 bits per heavy atom. The molecule has 0 spiro atoms. The molecule has 2 aliphatic heterocycles. The van der Waals surface area contributed by atoms with Crippen molar-refractivity contribution in [1.29, 1.82) is 0 Å². The van der Waals surface area contributed by atoms with E-state index < -0.39 is 6.30 Å². The smallest absolute Gasteiger partial charge is 0.372 e. The summed E-state index contributed by atoms with van der Waals surface area (Å²) in [6.07, 6.45) is -1.23. The highest BCUT2D eigenvalue weighted by atomic mass is 19.4. The van der Waals surface area contributed by atoms with Gasteiger partial charge >= 0.3 is 6.30 Å². The largest absolute Gasteiger partial charge is 0.504 e. The second-order valence-electron chi connectivity index (χ2n) is 5.95. The van der Waals surface area contributed by atoms with Crippen molar-refractivity contribution >= 4 is 0 Å². The number of hydrogen-bond acceptors (Lipinski definition) is 3. The first-order valence-corrected chi connectivity index (χ1v) is 7.63. The number of rotatable bonds is 1. The molecule has 0 aliphatic carbocycles. The molecule has 0 unspecified atom stereocenters. The Bertz CT molecular complexity index is 726. The molecule has 1 N–H and O–H groups in total. The first-order chi connectivity index (χ1) is 11.0. The minimum atomic E-state index is -4.49. The highest BCUT2D eigenvalue weighted by Gasteiger charge is 2.33. The summed E-state index contributed by atoms with van der Waals surface area (Å²) < 4.78 is 43.9. The number of benzene rings is 1. The number of piperidine rings is 1. The molecule has 0 amide bonds. The second kappa shape index (κ2) is 5.35. The Labute approximate surface area is 131 Å². The van der Waals surface area contributed by atoms with Crippen LogP contribution in [0.4, 0.5) is 13.2 Å². The van der Waals surface area contributed by atoms with Gasteiger partial charge in [-0.3, -0.25) is 0 Å². The molecule has 0 saturated carbocycles. The number of ether oxygens (including phenoxy) is 1. The van der Waals surface area contributed by atoms with Crippen LogP contribution in [0.5, 0.6) is 0 Å². The lowest BCUT2D eigenvalue weighted by Gasteiger charge is -2.38. The van der Waals surface area contributed by atoms with E-state index in [1.807, 2.05) is 18.2 Å². The van der Waals surface area contributed by atoms with E-state index in [1.165, 1.54) is 11.6 Å². The first-order valence-electron chi connectivity index (χ1n) is 7.63. The fourth-order valence-electron chi connectivity index (χ4n) is 3.36. The molecule has 1 saturated heterocycles. The van der Waals surface area contributed by atoms with Gasteiger partial charge in [0.05, 0.1) is 24.4 Å². The average Bonchev–Trinajstić information content (AvgIpc) is 3.04. The second-order valence-corrected chi connectivity index (χ2v) is 5.95. The van der Waals surface area contributed by atoms with Crippen molar-refractivity contribution in [2.24, 2.45) is 0 Å². The summed E-state index contributed by atoms with van der Waals surface area (Å²) in [5.74, 6) is 0. The molecule has 1 fully saturated rings. The maximum Gasteiger partial charge on any atom is 0.504 e. The van der Waals surface area contributed by atoms with Crippen molar-refractivity contribution in [1.82, 2.24) is 15.1 Å². The maximum atomic E-state index is 12.6. The van der Waals surface area contributed by atoms with Crippen LogP contribution in [0.25, 0.3) is 11.3 Å². The Morgan fingerprint density at radius 2 is 2.13 bits per heavy atom. The highest BCUT2D eigenvalue weighted by molar-refractivity contribution is 5.61. The van der Waals surface area contributed by atoms with Gasteiger partial charge in [-0.2, -0.15) is 9.78 Å². The number of nitrogens with one attached hydrogen (secondary N) is 1. The third kappa shape index (κ3) is 2.64. The predicted molar refractivity (Wildman–Crippen MR) is 77.5 cm³/mol. The third-order valence-corrected chi connectivity index (χ3v) is 4.48. The fourth-order valence-corrected chi connectivity index (χ4v) is 3.36. The molecule has 4 nitrogen and oxygen atoms in total. The molecule has 2 aromatic rings. The Kier molecular flexibility index (Phi) is 3.42. The zero-order chi connectivity index (χ0) is 16.0. The molecule has 3 heterocycles. The van der Waals surface area contributed by atoms with Crippen LogP contribution < -0.4 is 5.32 Å². The van der Waals surface area contributed by atoms with E-state index in [1.54, 1.807) is 0 Å². The summed E-state index contributed by atoms with van der Waals surface area (Å²) in [6.45, 7) is 1.45. The van der Waals surface area contributed by atoms with Gasteiger partial charge in [-0.25, -0.2) is 0 Å². The van der Waals surface area contributed by atoms with Gasteiger partial charge in [0.25, 0.3) is 0 Å². The zero-order valence-corrected chi connectivity index (χ0v) is 12.3. The predicted octanol–water partition coefficient (Wildman–Crippen LogP) is 3.35. The highest BCUT2D eigenvalue weighted by Crippen LogP contribution is 2.36. The average molecular weight is 323 g/mol. The summed E-state index contributed by atoms with van der Waals surface area (Å²) in [5, 5.41) is 7.08. The monoisotopic (exact) mass is 323 g/mol. The summed E-state index contributed by atoms with van der Waals surface area (Å²) in [7, 11) is 0. The normalized spacial score (nSPS) is 24.1. The number of halogens is 3. The maximum absolute atomic E-state index is 12.6. The van der Waals surface area contributed by atoms with Crippen molar-refractivity contribution < 1.29 is 17.9 Å². The van der Waals surface area contributed by atoms with E-state index in [-0.39, 0.29) is 16.8 Å². The molecule has 1 aromatic carbocycles. The van der Waals surface area contributed by atoms with Gasteiger partial charge < -0.3 is 10.1 Å². The van der Waals surface area contributed by atoms with Crippen LogP contribution in [0, 0.1) is 0 Å². The van der Waals surface area contributed by atoms with E-state index in [2.05, 4.69) is 10.4 Å². The molecule has 2 aliphatic rings. The number of aromatic nitrogens is 2. The standard InChI is InChI=1S/C16H16F3N3O/c17-16(18,19)22-7-5-13(21-22)10-3-4-12-11(8-10)9-23-14-2-1-6-20-15(12)14/h3-5,7-8,14-15,20H,1-2,6,9H2/t14-,15-/m0/s1. The van der Waals surface area contributed by atoms with E-state index in [9.17, 15) is 13.2 Å². The number of alkyl halides is 3. The molecule has 0 radical (unpaired) electrons. The summed E-state index contributed by atoms with van der Waals surface area (Å²) in [4.78, 5) is 0. The quantitative estimate of drug-likeness (QED) is 0.875. The molecule has 122 valence electrons. The Hall–Kier alpha value is -1.86. The summed E-state index contributed by atoms with van der Waals surface area (Å²) in [6, 6.07) is 7.25. The first kappa shape index (κ1) is 14.7. The van der Waals surface area contributed by atoms with Crippen molar-refractivity contribution in [2.45, 2.75) is 37.9 Å². The van der Waals surface area contributed by atoms with Crippen molar-refractivity contribution in [3.63, 3.8) is 0 Å². The lowest BCUT2D eigenvalue weighted by molar-refractivity contribution is -0.212. The minimum Gasteiger partial charge on any atom is -0.372 e. The SMILES string of the molecule is FC(F)(F)n1ccc(-c2ccc3c(c2)CO[C@H]2CCCN[C@@H]32)n1. The van der Waals surface area contributed by atoms with Crippen LogP contribution in [0.1, 0.15) is 30.0 Å². The van der Waals surface area contributed by atoms with Gasteiger partial charge in [0.15, 0.2) is 0 Å².